The molecule has 1 aromatic carbocycles. The summed E-state index contributed by atoms with van der Waals surface area (Å²) < 4.78 is 0. The molecule has 0 unspecified atom stereocenters. The fourth-order valence-electron chi connectivity index (χ4n) is 3.00. The minimum Gasteiger partial charge on any atom is -0.341 e. The summed E-state index contributed by atoms with van der Waals surface area (Å²) in [5.74, 6) is 0.498. The fourth-order valence-corrected chi connectivity index (χ4v) is 3.00. The molecule has 2 aromatic rings. The highest BCUT2D eigenvalue weighted by atomic mass is 16.2. The molecule has 1 N–H and O–H groups in total. The summed E-state index contributed by atoms with van der Waals surface area (Å²) in [6.07, 6.45) is 5.35. The largest absolute Gasteiger partial charge is 0.341 e. The highest BCUT2D eigenvalue weighted by molar-refractivity contribution is 5.92. The van der Waals surface area contributed by atoms with Crippen molar-refractivity contribution in [3.63, 3.8) is 0 Å². The number of rotatable bonds is 2. The summed E-state index contributed by atoms with van der Waals surface area (Å²) in [6.45, 7) is 3.77. The van der Waals surface area contributed by atoms with Gasteiger partial charge in [-0.05, 0) is 30.9 Å². The Morgan fingerprint density at radius 3 is 3.00 bits per heavy atom. The van der Waals surface area contributed by atoms with Gasteiger partial charge < -0.3 is 9.88 Å². The molecule has 1 atom stereocenters. The van der Waals surface area contributed by atoms with Crippen molar-refractivity contribution in [2.75, 3.05) is 13.1 Å². The number of amides is 1. The normalized spacial score (nSPS) is 19.1. The Morgan fingerprint density at radius 1 is 1.40 bits per heavy atom. The molecule has 0 saturated carbocycles. The van der Waals surface area contributed by atoms with Gasteiger partial charge in [-0.15, -0.1) is 0 Å². The van der Waals surface area contributed by atoms with Crippen LogP contribution in [0.4, 0.5) is 0 Å². The van der Waals surface area contributed by atoms with Gasteiger partial charge >= 0.3 is 0 Å². The van der Waals surface area contributed by atoms with Crippen molar-refractivity contribution in [1.82, 2.24) is 14.9 Å². The molecule has 0 spiro atoms. The van der Waals surface area contributed by atoms with Crippen LogP contribution in [0.25, 0.3) is 0 Å². The summed E-state index contributed by atoms with van der Waals surface area (Å²) >= 11 is 0. The lowest BCUT2D eigenvalue weighted by molar-refractivity contribution is 0.0701. The lowest BCUT2D eigenvalue weighted by atomic mass is 9.88. The van der Waals surface area contributed by atoms with E-state index < -0.39 is 0 Å². The number of nitrogens with one attached hydrogen (secondary N) is 1. The van der Waals surface area contributed by atoms with E-state index in [1.54, 1.807) is 12.5 Å². The zero-order valence-corrected chi connectivity index (χ0v) is 11.7. The molecule has 2 heterocycles. The third kappa shape index (κ3) is 2.46. The van der Waals surface area contributed by atoms with Crippen molar-refractivity contribution in [2.24, 2.45) is 0 Å². The summed E-state index contributed by atoms with van der Waals surface area (Å²) in [5, 5.41) is 0. The zero-order valence-electron chi connectivity index (χ0n) is 11.7. The lowest BCUT2D eigenvalue weighted by Crippen LogP contribution is -2.39. The standard InChI is InChI=1S/C16H19N3O/c1-12-5-2-3-7-14(12)13-6-4-8-19(10-13)16(20)15-9-17-11-18-15/h2-3,5,7,9,11,13H,4,6,8,10H2,1H3,(H,17,18)/t13-/m1/s1. The Morgan fingerprint density at radius 2 is 2.25 bits per heavy atom. The van der Waals surface area contributed by atoms with E-state index in [-0.39, 0.29) is 5.91 Å². The summed E-state index contributed by atoms with van der Waals surface area (Å²) in [6, 6.07) is 8.47. The molecule has 1 aliphatic heterocycles. The summed E-state index contributed by atoms with van der Waals surface area (Å²) in [4.78, 5) is 21.1. The Kier molecular flexibility index (Phi) is 3.54. The number of imidazole rings is 1. The van der Waals surface area contributed by atoms with Crippen LogP contribution in [-0.2, 0) is 0 Å². The van der Waals surface area contributed by atoms with Crippen molar-refractivity contribution < 1.29 is 4.79 Å². The van der Waals surface area contributed by atoms with E-state index >= 15 is 0 Å². The van der Waals surface area contributed by atoms with Crippen molar-refractivity contribution in [3.05, 3.63) is 53.6 Å². The molecule has 20 heavy (non-hydrogen) atoms. The SMILES string of the molecule is Cc1ccccc1[C@@H]1CCCN(C(=O)c2cnc[nH]2)C1. The number of aryl methyl sites for hydroxylation is 1. The maximum atomic E-state index is 12.4. The van der Waals surface area contributed by atoms with E-state index in [9.17, 15) is 4.79 Å². The first-order chi connectivity index (χ1) is 9.75. The van der Waals surface area contributed by atoms with E-state index in [1.807, 2.05) is 4.90 Å². The summed E-state index contributed by atoms with van der Waals surface area (Å²) in [7, 11) is 0. The van der Waals surface area contributed by atoms with Crippen LogP contribution in [0, 0.1) is 6.92 Å². The van der Waals surface area contributed by atoms with Crippen molar-refractivity contribution in [2.45, 2.75) is 25.7 Å². The smallest absolute Gasteiger partial charge is 0.271 e. The third-order valence-corrected chi connectivity index (χ3v) is 4.07. The second-order valence-corrected chi connectivity index (χ2v) is 5.41. The van der Waals surface area contributed by atoms with Crippen LogP contribution in [0.1, 0.15) is 40.4 Å². The van der Waals surface area contributed by atoms with Gasteiger partial charge in [0.2, 0.25) is 0 Å². The fraction of sp³-hybridized carbons (Fsp3) is 0.375. The van der Waals surface area contributed by atoms with Crippen molar-refractivity contribution in [1.29, 1.82) is 0 Å². The molecule has 1 fully saturated rings. The van der Waals surface area contributed by atoms with Crippen molar-refractivity contribution >= 4 is 5.91 Å². The van der Waals surface area contributed by atoms with Crippen LogP contribution in [-0.4, -0.2) is 33.9 Å². The van der Waals surface area contributed by atoms with Gasteiger partial charge in [0.05, 0.1) is 12.5 Å². The molecule has 1 saturated heterocycles. The molecule has 0 radical (unpaired) electrons. The number of carbonyl (C=O) groups excluding carboxylic acids is 1. The van der Waals surface area contributed by atoms with Crippen LogP contribution < -0.4 is 0 Å². The molecule has 4 nitrogen and oxygen atoms in total. The molecule has 0 aliphatic carbocycles. The van der Waals surface area contributed by atoms with Gasteiger partial charge in [0.1, 0.15) is 5.69 Å². The highest BCUT2D eigenvalue weighted by Gasteiger charge is 2.26. The number of benzene rings is 1. The first kappa shape index (κ1) is 12.9. The molecule has 1 amide bonds. The second-order valence-electron chi connectivity index (χ2n) is 5.41. The number of hydrogen-bond acceptors (Lipinski definition) is 2. The number of likely N-dealkylation sites (tertiary alicyclic amines) is 1. The number of piperidine rings is 1. The van der Waals surface area contributed by atoms with Gasteiger partial charge in [0.25, 0.3) is 5.91 Å². The molecule has 4 heteroatoms. The van der Waals surface area contributed by atoms with Gasteiger partial charge in [-0.2, -0.15) is 0 Å². The molecule has 3 rings (SSSR count). The van der Waals surface area contributed by atoms with E-state index in [2.05, 4.69) is 41.2 Å². The molecular formula is C16H19N3O. The number of H-pyrrole nitrogens is 1. The average Bonchev–Trinajstić information content (AvgIpc) is 3.01. The average molecular weight is 269 g/mol. The van der Waals surface area contributed by atoms with Crippen molar-refractivity contribution in [3.8, 4) is 0 Å². The Balaban J connectivity index is 1.77. The van der Waals surface area contributed by atoms with Gasteiger partial charge in [0, 0.05) is 19.0 Å². The number of nitrogens with zero attached hydrogens (tertiary/aromatic N) is 2. The first-order valence-electron chi connectivity index (χ1n) is 7.09. The minimum atomic E-state index is 0.0563. The minimum absolute atomic E-state index is 0.0563. The Labute approximate surface area is 118 Å². The molecule has 1 aliphatic rings. The van der Waals surface area contributed by atoms with Gasteiger partial charge in [-0.3, -0.25) is 4.79 Å². The predicted octanol–water partition coefficient (Wildman–Crippen LogP) is 2.74. The van der Waals surface area contributed by atoms with Gasteiger partial charge in [0.15, 0.2) is 0 Å². The van der Waals surface area contributed by atoms with Crippen LogP contribution in [0.2, 0.25) is 0 Å². The summed E-state index contributed by atoms with van der Waals surface area (Å²) in [5.41, 5.74) is 3.26. The highest BCUT2D eigenvalue weighted by Crippen LogP contribution is 2.29. The van der Waals surface area contributed by atoms with Gasteiger partial charge in [-0.25, -0.2) is 4.98 Å². The quantitative estimate of drug-likeness (QED) is 0.911. The second kappa shape index (κ2) is 5.49. The van der Waals surface area contributed by atoms with Crippen LogP contribution in [0.5, 0.6) is 0 Å². The maximum absolute atomic E-state index is 12.4. The number of aromatic nitrogens is 2. The Bertz CT molecular complexity index is 592. The molecule has 0 bridgehead atoms. The Hall–Kier alpha value is -2.10. The van der Waals surface area contributed by atoms with E-state index in [4.69, 9.17) is 0 Å². The van der Waals surface area contributed by atoms with Crippen LogP contribution in [0.3, 0.4) is 0 Å². The molecule has 1 aromatic heterocycles. The number of aromatic amines is 1. The monoisotopic (exact) mass is 269 g/mol. The topological polar surface area (TPSA) is 49.0 Å². The third-order valence-electron chi connectivity index (χ3n) is 4.07. The number of carbonyl (C=O) groups is 1. The zero-order chi connectivity index (χ0) is 13.9. The molecule has 104 valence electrons. The predicted molar refractivity (Wildman–Crippen MR) is 77.6 cm³/mol. The van der Waals surface area contributed by atoms with E-state index in [0.717, 1.165) is 25.9 Å². The maximum Gasteiger partial charge on any atom is 0.271 e. The van der Waals surface area contributed by atoms with E-state index in [0.29, 0.717) is 11.6 Å². The lowest BCUT2D eigenvalue weighted by Gasteiger charge is -2.33. The van der Waals surface area contributed by atoms with Crippen LogP contribution >= 0.6 is 0 Å². The molecular weight excluding hydrogens is 250 g/mol. The number of hydrogen-bond donors (Lipinski definition) is 1. The first-order valence-corrected chi connectivity index (χ1v) is 7.09. The van der Waals surface area contributed by atoms with Gasteiger partial charge in [-0.1, -0.05) is 24.3 Å². The van der Waals surface area contributed by atoms with Crippen LogP contribution in [0.15, 0.2) is 36.8 Å². The van der Waals surface area contributed by atoms with E-state index in [1.165, 1.54) is 11.1 Å².